The van der Waals surface area contributed by atoms with Crippen molar-refractivity contribution in [2.24, 2.45) is 5.92 Å². The molecule has 0 saturated carbocycles. The lowest BCUT2D eigenvalue weighted by Crippen LogP contribution is -2.39. The molecule has 34 heavy (non-hydrogen) atoms. The average molecular weight is 450 g/mol. The van der Waals surface area contributed by atoms with Crippen molar-refractivity contribution in [3.05, 3.63) is 72.2 Å². The summed E-state index contributed by atoms with van der Waals surface area (Å²) in [6, 6.07) is 16.7. The number of benzene rings is 2. The lowest BCUT2D eigenvalue weighted by Gasteiger charge is -2.35. The molecule has 0 bridgehead atoms. The average Bonchev–Trinajstić information content (AvgIpc) is 3.46. The van der Waals surface area contributed by atoms with Gasteiger partial charge in [0.25, 0.3) is 0 Å². The van der Waals surface area contributed by atoms with Crippen LogP contribution in [0.4, 0.5) is 11.4 Å². The zero-order chi connectivity index (χ0) is 23.1. The van der Waals surface area contributed by atoms with E-state index in [2.05, 4.69) is 61.6 Å². The maximum absolute atomic E-state index is 9.76. The molecule has 2 aliphatic heterocycles. The van der Waals surface area contributed by atoms with Crippen LogP contribution in [0.25, 0.3) is 22.0 Å². The summed E-state index contributed by atoms with van der Waals surface area (Å²) in [6.45, 7) is 3.11. The second kappa shape index (κ2) is 8.47. The summed E-state index contributed by atoms with van der Waals surface area (Å²) in [6.07, 6.45) is 8.16. The first-order valence-corrected chi connectivity index (χ1v) is 11.9. The van der Waals surface area contributed by atoms with E-state index >= 15 is 0 Å². The molecule has 0 spiro atoms. The van der Waals surface area contributed by atoms with Gasteiger partial charge in [0.05, 0.1) is 40.9 Å². The van der Waals surface area contributed by atoms with Gasteiger partial charge >= 0.3 is 0 Å². The van der Waals surface area contributed by atoms with E-state index in [1.165, 1.54) is 18.4 Å². The van der Waals surface area contributed by atoms with E-state index < -0.39 is 0 Å². The molecule has 1 fully saturated rings. The minimum absolute atomic E-state index is 0.0429. The zero-order valence-electron chi connectivity index (χ0n) is 19.2. The maximum Gasteiger partial charge on any atom is 0.128 e. The third-order valence-electron chi connectivity index (χ3n) is 7.24. The largest absolute Gasteiger partial charge is 0.348 e. The normalized spacial score (nSPS) is 18.3. The Hall–Kier alpha value is -3.89. The van der Waals surface area contributed by atoms with Gasteiger partial charge in [-0.1, -0.05) is 24.3 Å². The quantitative estimate of drug-likeness (QED) is 0.479. The maximum atomic E-state index is 9.76. The van der Waals surface area contributed by atoms with Gasteiger partial charge in [0.2, 0.25) is 0 Å². The number of hydrogen-bond acceptors (Lipinski definition) is 6. The van der Waals surface area contributed by atoms with Gasteiger partial charge in [-0.05, 0) is 55.6 Å². The van der Waals surface area contributed by atoms with Gasteiger partial charge in [0.15, 0.2) is 0 Å². The second-order valence-electron chi connectivity index (χ2n) is 9.26. The molecule has 0 amide bonds. The number of H-pyrrole nitrogens is 1. The predicted molar refractivity (Wildman–Crippen MR) is 135 cm³/mol. The highest BCUT2D eigenvalue weighted by atomic mass is 15.4. The van der Waals surface area contributed by atoms with Gasteiger partial charge in [0, 0.05) is 36.3 Å². The Morgan fingerprint density at radius 2 is 1.91 bits per heavy atom. The minimum Gasteiger partial charge on any atom is -0.348 e. The van der Waals surface area contributed by atoms with Crippen LogP contribution < -0.4 is 15.1 Å². The molecule has 2 aromatic heterocycles. The number of pyridine rings is 1. The number of piperidine rings is 1. The number of anilines is 2. The molecule has 2 aromatic carbocycles. The SMILES string of the molecule is CN1c2c(-c3ccccc3C#N)cncc2N(CC2CCNCC2)C1c1ccc2[nH]ncc2c1. The molecular weight excluding hydrogens is 422 g/mol. The number of aromatic nitrogens is 3. The van der Waals surface area contributed by atoms with Gasteiger partial charge < -0.3 is 15.1 Å². The number of nitrogens with zero attached hydrogens (tertiary/aromatic N) is 5. The number of nitriles is 1. The molecule has 2 N–H and O–H groups in total. The van der Waals surface area contributed by atoms with Crippen LogP contribution in [-0.4, -0.2) is 41.9 Å². The molecular formula is C27H27N7. The van der Waals surface area contributed by atoms with Crippen molar-refractivity contribution in [3.63, 3.8) is 0 Å². The van der Waals surface area contributed by atoms with E-state index in [1.807, 2.05) is 42.9 Å². The summed E-state index contributed by atoms with van der Waals surface area (Å²) in [5.41, 5.74) is 7.11. The van der Waals surface area contributed by atoms with E-state index in [1.54, 1.807) is 0 Å². The van der Waals surface area contributed by atoms with Crippen molar-refractivity contribution in [3.8, 4) is 17.2 Å². The summed E-state index contributed by atoms with van der Waals surface area (Å²) in [5, 5.41) is 21.6. The smallest absolute Gasteiger partial charge is 0.128 e. The Morgan fingerprint density at radius 1 is 1.06 bits per heavy atom. The third-order valence-corrected chi connectivity index (χ3v) is 7.24. The van der Waals surface area contributed by atoms with E-state index in [0.717, 1.165) is 53.0 Å². The summed E-state index contributed by atoms with van der Waals surface area (Å²) in [5.74, 6) is 0.621. The van der Waals surface area contributed by atoms with Gasteiger partial charge in [-0.2, -0.15) is 10.4 Å². The molecule has 2 aliphatic rings. The van der Waals surface area contributed by atoms with Crippen molar-refractivity contribution in [2.75, 3.05) is 36.5 Å². The first kappa shape index (κ1) is 20.7. The molecule has 170 valence electrons. The Kier molecular flexibility index (Phi) is 5.16. The van der Waals surface area contributed by atoms with Crippen LogP contribution in [0, 0.1) is 17.2 Å². The third kappa shape index (κ3) is 3.39. The Balaban J connectivity index is 1.49. The molecule has 6 rings (SSSR count). The predicted octanol–water partition coefficient (Wildman–Crippen LogP) is 4.45. The van der Waals surface area contributed by atoms with Crippen molar-refractivity contribution in [1.29, 1.82) is 5.26 Å². The number of hydrogen-bond donors (Lipinski definition) is 2. The molecule has 0 radical (unpaired) electrons. The first-order chi connectivity index (χ1) is 16.7. The van der Waals surface area contributed by atoms with Crippen molar-refractivity contribution >= 4 is 22.3 Å². The van der Waals surface area contributed by atoms with Crippen LogP contribution in [0.1, 0.15) is 30.1 Å². The zero-order valence-corrected chi connectivity index (χ0v) is 19.2. The van der Waals surface area contributed by atoms with E-state index in [4.69, 9.17) is 0 Å². The van der Waals surface area contributed by atoms with Crippen LogP contribution >= 0.6 is 0 Å². The monoisotopic (exact) mass is 449 g/mol. The molecule has 0 aliphatic carbocycles. The topological polar surface area (TPSA) is 83.9 Å². The van der Waals surface area contributed by atoms with Crippen LogP contribution in [0.5, 0.6) is 0 Å². The molecule has 1 unspecified atom stereocenters. The van der Waals surface area contributed by atoms with Crippen molar-refractivity contribution in [2.45, 2.75) is 19.0 Å². The summed E-state index contributed by atoms with van der Waals surface area (Å²) in [4.78, 5) is 9.51. The van der Waals surface area contributed by atoms with E-state index in [9.17, 15) is 5.26 Å². The lowest BCUT2D eigenvalue weighted by atomic mass is 9.96. The van der Waals surface area contributed by atoms with Gasteiger partial charge in [-0.25, -0.2) is 0 Å². The number of aromatic amines is 1. The fourth-order valence-corrected chi connectivity index (χ4v) is 5.57. The van der Waals surface area contributed by atoms with Gasteiger partial charge in [-0.3, -0.25) is 10.1 Å². The van der Waals surface area contributed by atoms with Crippen molar-refractivity contribution < 1.29 is 0 Å². The summed E-state index contributed by atoms with van der Waals surface area (Å²) < 4.78 is 0. The number of rotatable bonds is 4. The molecule has 7 nitrogen and oxygen atoms in total. The van der Waals surface area contributed by atoms with Crippen LogP contribution in [0.15, 0.2) is 61.1 Å². The van der Waals surface area contributed by atoms with Gasteiger partial charge in [-0.15, -0.1) is 0 Å². The fourth-order valence-electron chi connectivity index (χ4n) is 5.57. The standard InChI is InChI=1S/C27H27N7/c1-33-26-23(22-5-3-2-4-20(22)13-28)15-30-16-25(26)34(17-18-8-10-29-11-9-18)27(33)19-6-7-24-21(12-19)14-31-32-24/h2-7,12,14-16,18,27,29H,8-11,17H2,1H3,(H,31,32). The molecule has 7 heteroatoms. The highest BCUT2D eigenvalue weighted by Gasteiger charge is 2.38. The second-order valence-corrected chi connectivity index (χ2v) is 9.26. The molecule has 4 heterocycles. The Bertz CT molecular complexity index is 1380. The minimum atomic E-state index is 0.0429. The molecule has 1 saturated heterocycles. The number of fused-ring (bicyclic) bond motifs is 2. The molecule has 4 aromatic rings. The fraction of sp³-hybridized carbons (Fsp3) is 0.296. The molecule has 1 atom stereocenters. The van der Waals surface area contributed by atoms with Crippen LogP contribution in [0.2, 0.25) is 0 Å². The van der Waals surface area contributed by atoms with E-state index in [-0.39, 0.29) is 6.17 Å². The number of nitrogens with one attached hydrogen (secondary N) is 2. The summed E-state index contributed by atoms with van der Waals surface area (Å²) >= 11 is 0. The van der Waals surface area contributed by atoms with Gasteiger partial charge in [0.1, 0.15) is 6.17 Å². The first-order valence-electron chi connectivity index (χ1n) is 11.9. The Morgan fingerprint density at radius 3 is 2.76 bits per heavy atom. The lowest BCUT2D eigenvalue weighted by molar-refractivity contribution is 0.366. The van der Waals surface area contributed by atoms with E-state index in [0.29, 0.717) is 11.5 Å². The van der Waals surface area contributed by atoms with Crippen LogP contribution in [-0.2, 0) is 0 Å². The summed E-state index contributed by atoms with van der Waals surface area (Å²) in [7, 11) is 2.16. The Labute approximate surface area is 199 Å². The van der Waals surface area contributed by atoms with Crippen LogP contribution in [0.3, 0.4) is 0 Å². The highest BCUT2D eigenvalue weighted by Crippen LogP contribution is 2.50. The highest BCUT2D eigenvalue weighted by molar-refractivity contribution is 5.93. The van der Waals surface area contributed by atoms with Crippen molar-refractivity contribution in [1.82, 2.24) is 20.5 Å².